The molecule has 0 heterocycles. The van der Waals surface area contributed by atoms with Crippen LogP contribution >= 0.6 is 28.1 Å². The Balaban J connectivity index is 3.05. The van der Waals surface area contributed by atoms with Crippen LogP contribution in [0.15, 0.2) is 33.6 Å². The topological polar surface area (TPSA) is 72.2 Å². The minimum Gasteiger partial charge on any atom is -0.392 e. The molecule has 1 aromatic rings. The Morgan fingerprint density at radius 2 is 2.12 bits per heavy atom. The maximum absolute atomic E-state index is 12.1. The zero-order valence-corrected chi connectivity index (χ0v) is 12.4. The standard InChI is InChI=1S/C10H13BrN2O2S2/c1-2-8(10(12)16)13-17(14,15)9-6-4-3-5-7(9)11/h3-6,8,13H,2H2,1H3,(H2,12,16). The summed E-state index contributed by atoms with van der Waals surface area (Å²) in [5, 5.41) is 0. The third-order valence-electron chi connectivity index (χ3n) is 2.18. The fourth-order valence-corrected chi connectivity index (χ4v) is 3.86. The van der Waals surface area contributed by atoms with Crippen molar-refractivity contribution in [2.24, 2.45) is 5.73 Å². The molecule has 0 aromatic heterocycles. The SMILES string of the molecule is CCC(NS(=O)(=O)c1ccccc1Br)C(N)=S. The Morgan fingerprint density at radius 1 is 1.53 bits per heavy atom. The zero-order chi connectivity index (χ0) is 13.1. The molecule has 0 bridgehead atoms. The molecule has 0 saturated heterocycles. The Bertz CT molecular complexity index is 517. The smallest absolute Gasteiger partial charge is 0.242 e. The van der Waals surface area contributed by atoms with Crippen molar-refractivity contribution in [2.45, 2.75) is 24.3 Å². The predicted octanol–water partition coefficient (Wildman–Crippen LogP) is 1.79. The Kier molecular flexibility index (Phi) is 5.05. The lowest BCUT2D eigenvalue weighted by Gasteiger charge is -2.16. The number of nitrogens with one attached hydrogen (secondary N) is 1. The Morgan fingerprint density at radius 3 is 2.59 bits per heavy atom. The zero-order valence-electron chi connectivity index (χ0n) is 9.18. The van der Waals surface area contributed by atoms with Gasteiger partial charge in [-0.2, -0.15) is 0 Å². The van der Waals surface area contributed by atoms with Crippen molar-refractivity contribution >= 4 is 43.2 Å². The number of hydrogen-bond donors (Lipinski definition) is 2. The summed E-state index contributed by atoms with van der Waals surface area (Å²) in [6.45, 7) is 1.81. The normalized spacial score (nSPS) is 13.3. The minimum atomic E-state index is -3.61. The first kappa shape index (κ1) is 14.6. The lowest BCUT2D eigenvalue weighted by molar-refractivity contribution is 0.572. The van der Waals surface area contributed by atoms with Gasteiger partial charge in [0, 0.05) is 4.47 Å². The highest BCUT2D eigenvalue weighted by atomic mass is 79.9. The van der Waals surface area contributed by atoms with Crippen LogP contribution < -0.4 is 10.5 Å². The lowest BCUT2D eigenvalue weighted by Crippen LogP contribution is -2.42. The molecular formula is C10H13BrN2O2S2. The quantitative estimate of drug-likeness (QED) is 0.804. The Hall–Kier alpha value is -0.500. The van der Waals surface area contributed by atoms with Crippen molar-refractivity contribution in [2.75, 3.05) is 0 Å². The largest absolute Gasteiger partial charge is 0.392 e. The highest BCUT2D eigenvalue weighted by Gasteiger charge is 2.22. The molecule has 3 N–H and O–H groups in total. The molecule has 0 fully saturated rings. The van der Waals surface area contributed by atoms with Gasteiger partial charge in [-0.25, -0.2) is 13.1 Å². The van der Waals surface area contributed by atoms with E-state index in [1.54, 1.807) is 18.2 Å². The fourth-order valence-electron chi connectivity index (χ4n) is 1.26. The van der Waals surface area contributed by atoms with Crippen molar-refractivity contribution in [3.8, 4) is 0 Å². The second kappa shape index (κ2) is 5.90. The predicted molar refractivity (Wildman–Crippen MR) is 75.3 cm³/mol. The van der Waals surface area contributed by atoms with Gasteiger partial charge in [-0.1, -0.05) is 31.3 Å². The van der Waals surface area contributed by atoms with Gasteiger partial charge >= 0.3 is 0 Å². The Labute approximate surface area is 115 Å². The fraction of sp³-hybridized carbons (Fsp3) is 0.300. The third kappa shape index (κ3) is 3.74. The van der Waals surface area contributed by atoms with Crippen LogP contribution in [0.25, 0.3) is 0 Å². The summed E-state index contributed by atoms with van der Waals surface area (Å²) in [5.41, 5.74) is 5.46. The molecule has 0 amide bonds. The number of halogens is 1. The van der Waals surface area contributed by atoms with Crippen molar-refractivity contribution in [3.05, 3.63) is 28.7 Å². The number of thiocarbonyl (C=S) groups is 1. The van der Waals surface area contributed by atoms with Gasteiger partial charge in [0.25, 0.3) is 0 Å². The molecule has 4 nitrogen and oxygen atoms in total. The molecule has 0 saturated carbocycles. The van der Waals surface area contributed by atoms with Crippen molar-refractivity contribution in [3.63, 3.8) is 0 Å². The second-order valence-corrected chi connectivity index (χ2v) is 6.42. The first-order valence-corrected chi connectivity index (χ1v) is 7.63. The number of hydrogen-bond acceptors (Lipinski definition) is 3. The highest BCUT2D eigenvalue weighted by molar-refractivity contribution is 9.10. The van der Waals surface area contributed by atoms with Gasteiger partial charge in [-0.3, -0.25) is 0 Å². The third-order valence-corrected chi connectivity index (χ3v) is 4.94. The molecule has 0 radical (unpaired) electrons. The van der Waals surface area contributed by atoms with Crippen LogP contribution in [0.2, 0.25) is 0 Å². The van der Waals surface area contributed by atoms with Crippen LogP contribution in [0.5, 0.6) is 0 Å². The summed E-state index contributed by atoms with van der Waals surface area (Å²) < 4.78 is 27.1. The summed E-state index contributed by atoms with van der Waals surface area (Å²) in [6.07, 6.45) is 0.513. The number of nitrogens with two attached hydrogens (primary N) is 1. The molecule has 17 heavy (non-hydrogen) atoms. The first-order chi connectivity index (χ1) is 7.88. The summed E-state index contributed by atoms with van der Waals surface area (Å²) in [7, 11) is -3.61. The van der Waals surface area contributed by atoms with Crippen molar-refractivity contribution in [1.29, 1.82) is 0 Å². The number of sulfonamides is 1. The molecule has 0 spiro atoms. The van der Waals surface area contributed by atoms with Crippen LogP contribution in [-0.2, 0) is 10.0 Å². The number of rotatable bonds is 5. The maximum atomic E-state index is 12.1. The summed E-state index contributed by atoms with van der Waals surface area (Å²) in [6, 6.07) is 6.05. The van der Waals surface area contributed by atoms with Crippen LogP contribution in [0.3, 0.4) is 0 Å². The van der Waals surface area contributed by atoms with Gasteiger partial charge < -0.3 is 5.73 Å². The van der Waals surface area contributed by atoms with E-state index in [-0.39, 0.29) is 9.88 Å². The monoisotopic (exact) mass is 336 g/mol. The van der Waals surface area contributed by atoms with Gasteiger partial charge in [0.05, 0.1) is 15.9 Å². The minimum absolute atomic E-state index is 0.142. The molecular weight excluding hydrogens is 324 g/mol. The van der Waals surface area contributed by atoms with Crippen molar-refractivity contribution < 1.29 is 8.42 Å². The highest BCUT2D eigenvalue weighted by Crippen LogP contribution is 2.21. The van der Waals surface area contributed by atoms with Gasteiger partial charge in [0.15, 0.2) is 0 Å². The molecule has 1 aromatic carbocycles. The van der Waals surface area contributed by atoms with Crippen LogP contribution in [0, 0.1) is 0 Å². The van der Waals surface area contributed by atoms with Crippen LogP contribution in [0.4, 0.5) is 0 Å². The number of benzene rings is 1. The summed E-state index contributed by atoms with van der Waals surface area (Å²) in [4.78, 5) is 0.317. The van der Waals surface area contributed by atoms with E-state index < -0.39 is 16.1 Å². The van der Waals surface area contributed by atoms with E-state index in [1.165, 1.54) is 6.07 Å². The molecule has 7 heteroatoms. The second-order valence-electron chi connectivity index (χ2n) is 3.41. The van der Waals surface area contributed by atoms with Gasteiger partial charge in [-0.05, 0) is 34.5 Å². The van der Waals surface area contributed by atoms with E-state index in [1.807, 2.05) is 6.92 Å². The van der Waals surface area contributed by atoms with Gasteiger partial charge in [0.2, 0.25) is 10.0 Å². The molecule has 94 valence electrons. The molecule has 0 aliphatic carbocycles. The molecule has 0 aliphatic rings. The summed E-state index contributed by atoms with van der Waals surface area (Å²) in [5.74, 6) is 0. The average molecular weight is 337 g/mol. The first-order valence-electron chi connectivity index (χ1n) is 4.94. The van der Waals surface area contributed by atoms with E-state index >= 15 is 0 Å². The maximum Gasteiger partial charge on any atom is 0.242 e. The van der Waals surface area contributed by atoms with E-state index in [9.17, 15) is 8.42 Å². The van der Waals surface area contributed by atoms with Gasteiger partial charge in [0.1, 0.15) is 0 Å². The van der Waals surface area contributed by atoms with E-state index in [0.29, 0.717) is 10.9 Å². The molecule has 1 rings (SSSR count). The average Bonchev–Trinajstić information content (AvgIpc) is 2.26. The molecule has 1 atom stereocenters. The molecule has 1 unspecified atom stereocenters. The van der Waals surface area contributed by atoms with E-state index in [4.69, 9.17) is 18.0 Å². The summed E-state index contributed by atoms with van der Waals surface area (Å²) >= 11 is 8.00. The van der Waals surface area contributed by atoms with Crippen LogP contribution in [0.1, 0.15) is 13.3 Å². The lowest BCUT2D eigenvalue weighted by atomic mass is 10.2. The van der Waals surface area contributed by atoms with Crippen LogP contribution in [-0.4, -0.2) is 19.4 Å². The molecule has 0 aliphatic heterocycles. The van der Waals surface area contributed by atoms with E-state index in [2.05, 4.69) is 20.7 Å². The van der Waals surface area contributed by atoms with Gasteiger partial charge in [-0.15, -0.1) is 0 Å². The van der Waals surface area contributed by atoms with Crippen molar-refractivity contribution in [1.82, 2.24) is 4.72 Å². The van der Waals surface area contributed by atoms with E-state index in [0.717, 1.165) is 0 Å².